The second-order valence-corrected chi connectivity index (χ2v) is 7.72. The number of amides is 2. The highest BCUT2D eigenvalue weighted by Gasteiger charge is 2.21. The molecule has 180 valence electrons. The molecule has 2 amide bonds. The lowest BCUT2D eigenvalue weighted by Crippen LogP contribution is -2.35. The molecule has 0 heterocycles. The van der Waals surface area contributed by atoms with E-state index in [4.69, 9.17) is 4.74 Å². The molecule has 0 radical (unpaired) electrons. The molecule has 3 rings (SSSR count). The lowest BCUT2D eigenvalue weighted by atomic mass is 9.94. The Morgan fingerprint density at radius 1 is 0.800 bits per heavy atom. The van der Waals surface area contributed by atoms with Crippen LogP contribution >= 0.6 is 0 Å². The van der Waals surface area contributed by atoms with Crippen molar-refractivity contribution in [2.75, 3.05) is 18.5 Å². The van der Waals surface area contributed by atoms with E-state index in [0.29, 0.717) is 5.56 Å². The van der Waals surface area contributed by atoms with Crippen LogP contribution in [0.15, 0.2) is 60.7 Å². The maximum Gasteiger partial charge on any atom is 0.339 e. The van der Waals surface area contributed by atoms with Crippen molar-refractivity contribution >= 4 is 29.3 Å². The predicted molar refractivity (Wildman–Crippen MR) is 124 cm³/mol. The first-order valence-corrected chi connectivity index (χ1v) is 10.6. The number of rotatable bonds is 8. The molecule has 9 heteroatoms. The van der Waals surface area contributed by atoms with Gasteiger partial charge in [-0.05, 0) is 43.7 Å². The van der Waals surface area contributed by atoms with E-state index in [2.05, 4.69) is 10.6 Å². The van der Waals surface area contributed by atoms with E-state index in [-0.39, 0.29) is 22.6 Å². The van der Waals surface area contributed by atoms with Gasteiger partial charge in [0.1, 0.15) is 0 Å². The van der Waals surface area contributed by atoms with Gasteiger partial charge in [0.05, 0.1) is 12.1 Å². The highest BCUT2D eigenvalue weighted by Crippen LogP contribution is 2.19. The molecular weight excluding hydrogens is 458 g/mol. The van der Waals surface area contributed by atoms with E-state index in [1.54, 1.807) is 25.1 Å². The summed E-state index contributed by atoms with van der Waals surface area (Å²) in [6.07, 6.45) is 0. The molecule has 0 aliphatic rings. The molecule has 0 saturated carbocycles. The fourth-order valence-electron chi connectivity index (χ4n) is 3.20. The van der Waals surface area contributed by atoms with Crippen molar-refractivity contribution in [2.24, 2.45) is 0 Å². The summed E-state index contributed by atoms with van der Waals surface area (Å²) in [7, 11) is 0. The highest BCUT2D eigenvalue weighted by atomic mass is 19.2. The normalized spacial score (nSPS) is 10.4. The molecule has 35 heavy (non-hydrogen) atoms. The van der Waals surface area contributed by atoms with Crippen LogP contribution in [0.5, 0.6) is 0 Å². The number of anilines is 1. The Morgan fingerprint density at radius 3 is 2.23 bits per heavy atom. The molecule has 0 unspecified atom stereocenters. The van der Waals surface area contributed by atoms with E-state index in [1.807, 2.05) is 19.1 Å². The molecule has 3 aromatic carbocycles. The standard InChI is InChI=1S/C26H22F2N2O5/c1-15-7-8-16(2)20(11-15)25(33)18-5-3-4-6-19(18)26(34)35-14-24(32)29-13-23(31)30-17-9-10-21(27)22(28)12-17/h3-12H,13-14H2,1-2H3,(H,29,32)(H,30,31). The smallest absolute Gasteiger partial charge is 0.339 e. The van der Waals surface area contributed by atoms with Crippen LogP contribution in [0.3, 0.4) is 0 Å². The van der Waals surface area contributed by atoms with Crippen molar-refractivity contribution in [3.05, 3.63) is 100 Å². The van der Waals surface area contributed by atoms with E-state index >= 15 is 0 Å². The number of hydrogen-bond donors (Lipinski definition) is 2. The number of carbonyl (C=O) groups is 4. The van der Waals surface area contributed by atoms with Crippen LogP contribution < -0.4 is 10.6 Å². The summed E-state index contributed by atoms with van der Waals surface area (Å²) < 4.78 is 31.2. The Kier molecular flexibility index (Phi) is 8.04. The van der Waals surface area contributed by atoms with Crippen molar-refractivity contribution < 1.29 is 32.7 Å². The summed E-state index contributed by atoms with van der Waals surface area (Å²) in [4.78, 5) is 49.6. The number of hydrogen-bond acceptors (Lipinski definition) is 5. The lowest BCUT2D eigenvalue weighted by Gasteiger charge is -2.11. The Bertz CT molecular complexity index is 1310. The van der Waals surface area contributed by atoms with Gasteiger partial charge in [0.2, 0.25) is 5.91 Å². The van der Waals surface area contributed by atoms with Crippen LogP contribution in [0.2, 0.25) is 0 Å². The zero-order valence-electron chi connectivity index (χ0n) is 19.0. The fourth-order valence-corrected chi connectivity index (χ4v) is 3.20. The maximum atomic E-state index is 13.2. The van der Waals surface area contributed by atoms with Gasteiger partial charge in [0, 0.05) is 22.9 Å². The second-order valence-electron chi connectivity index (χ2n) is 7.72. The van der Waals surface area contributed by atoms with E-state index in [9.17, 15) is 28.0 Å². The molecule has 0 atom stereocenters. The molecule has 2 N–H and O–H groups in total. The van der Waals surface area contributed by atoms with Crippen molar-refractivity contribution in [1.82, 2.24) is 5.32 Å². The van der Waals surface area contributed by atoms with Crippen LogP contribution in [0, 0.1) is 25.5 Å². The molecule has 0 aliphatic heterocycles. The van der Waals surface area contributed by atoms with Gasteiger partial charge < -0.3 is 15.4 Å². The topological polar surface area (TPSA) is 102 Å². The zero-order valence-corrected chi connectivity index (χ0v) is 19.0. The Balaban J connectivity index is 1.57. The Hall–Kier alpha value is -4.40. The number of ketones is 1. The monoisotopic (exact) mass is 480 g/mol. The van der Waals surface area contributed by atoms with E-state index < -0.39 is 42.6 Å². The highest BCUT2D eigenvalue weighted by molar-refractivity contribution is 6.15. The van der Waals surface area contributed by atoms with E-state index in [0.717, 1.165) is 29.3 Å². The summed E-state index contributed by atoms with van der Waals surface area (Å²) in [5.74, 6) is -4.87. The molecule has 0 fully saturated rings. The number of nitrogens with one attached hydrogen (secondary N) is 2. The Labute approximate surface area is 200 Å². The van der Waals surface area contributed by atoms with Crippen LogP contribution in [0.1, 0.15) is 37.4 Å². The number of aryl methyl sites for hydroxylation is 2. The average Bonchev–Trinajstić information content (AvgIpc) is 2.84. The average molecular weight is 480 g/mol. The quantitative estimate of drug-likeness (QED) is 0.378. The van der Waals surface area contributed by atoms with Gasteiger partial charge in [0.25, 0.3) is 5.91 Å². The third-order valence-electron chi connectivity index (χ3n) is 5.01. The van der Waals surface area contributed by atoms with Crippen LogP contribution in [-0.2, 0) is 14.3 Å². The van der Waals surface area contributed by atoms with Gasteiger partial charge in [0.15, 0.2) is 24.0 Å². The molecule has 0 aliphatic carbocycles. The SMILES string of the molecule is Cc1ccc(C)c(C(=O)c2ccccc2C(=O)OCC(=O)NCC(=O)Nc2ccc(F)c(F)c2)c1. The molecule has 0 bridgehead atoms. The summed E-state index contributed by atoms with van der Waals surface area (Å²) >= 11 is 0. The van der Waals surface area contributed by atoms with Gasteiger partial charge in [-0.2, -0.15) is 0 Å². The third-order valence-corrected chi connectivity index (χ3v) is 5.01. The van der Waals surface area contributed by atoms with Crippen molar-refractivity contribution in [3.8, 4) is 0 Å². The summed E-state index contributed by atoms with van der Waals surface area (Å²) in [5.41, 5.74) is 2.25. The zero-order chi connectivity index (χ0) is 25.5. The van der Waals surface area contributed by atoms with Crippen LogP contribution in [-0.4, -0.2) is 36.7 Å². The molecular formula is C26H22F2N2O5. The minimum atomic E-state index is -1.13. The second kappa shape index (κ2) is 11.1. The van der Waals surface area contributed by atoms with Gasteiger partial charge in [-0.25, -0.2) is 13.6 Å². The summed E-state index contributed by atoms with van der Waals surface area (Å²) in [6, 6.07) is 14.4. The van der Waals surface area contributed by atoms with Gasteiger partial charge in [-0.15, -0.1) is 0 Å². The summed E-state index contributed by atoms with van der Waals surface area (Å²) in [6.45, 7) is 2.47. The van der Waals surface area contributed by atoms with Crippen molar-refractivity contribution in [1.29, 1.82) is 0 Å². The first-order chi connectivity index (χ1) is 16.7. The number of esters is 1. The van der Waals surface area contributed by atoms with Crippen molar-refractivity contribution in [2.45, 2.75) is 13.8 Å². The Morgan fingerprint density at radius 2 is 1.51 bits per heavy atom. The summed E-state index contributed by atoms with van der Waals surface area (Å²) in [5, 5.41) is 4.54. The van der Waals surface area contributed by atoms with Gasteiger partial charge in [-0.3, -0.25) is 14.4 Å². The first kappa shape index (κ1) is 25.2. The van der Waals surface area contributed by atoms with Crippen molar-refractivity contribution in [3.63, 3.8) is 0 Å². The number of ether oxygens (including phenoxy) is 1. The van der Waals surface area contributed by atoms with Crippen LogP contribution in [0.25, 0.3) is 0 Å². The molecule has 0 spiro atoms. The fraction of sp³-hybridized carbons (Fsp3) is 0.154. The minimum absolute atomic E-state index is 0.00212. The molecule has 7 nitrogen and oxygen atoms in total. The maximum absolute atomic E-state index is 13.2. The minimum Gasteiger partial charge on any atom is -0.452 e. The molecule has 3 aromatic rings. The lowest BCUT2D eigenvalue weighted by molar-refractivity contribution is -0.126. The molecule has 0 aromatic heterocycles. The predicted octanol–water partition coefficient (Wildman–Crippen LogP) is 3.72. The van der Waals surface area contributed by atoms with E-state index in [1.165, 1.54) is 12.1 Å². The third kappa shape index (κ3) is 6.57. The van der Waals surface area contributed by atoms with Gasteiger partial charge >= 0.3 is 5.97 Å². The number of halogens is 2. The number of carbonyl (C=O) groups excluding carboxylic acids is 4. The van der Waals surface area contributed by atoms with Crippen LogP contribution in [0.4, 0.5) is 14.5 Å². The molecule has 0 saturated heterocycles. The van der Waals surface area contributed by atoms with Gasteiger partial charge in [-0.1, -0.05) is 35.9 Å². The largest absolute Gasteiger partial charge is 0.452 e. The first-order valence-electron chi connectivity index (χ1n) is 10.6. The number of benzene rings is 3.